The van der Waals surface area contributed by atoms with Crippen molar-refractivity contribution in [3.8, 4) is 5.75 Å². The van der Waals surface area contributed by atoms with Gasteiger partial charge in [0.2, 0.25) is 0 Å². The lowest BCUT2D eigenvalue weighted by Gasteiger charge is -2.26. The number of carbonyl (C=O) groups excluding carboxylic acids is 1. The Labute approximate surface area is 196 Å². The lowest BCUT2D eigenvalue weighted by molar-refractivity contribution is -0.114. The largest absolute Gasteiger partial charge is 0.489 e. The second-order valence-corrected chi connectivity index (χ2v) is 8.61. The van der Waals surface area contributed by atoms with Gasteiger partial charge in [0.05, 0.1) is 11.3 Å². The molecule has 1 N–H and O–H groups in total. The number of carbonyl (C=O) groups is 1. The van der Waals surface area contributed by atoms with E-state index in [-0.39, 0.29) is 11.4 Å². The Morgan fingerprint density at radius 1 is 1.00 bits per heavy atom. The molecule has 2 heterocycles. The van der Waals surface area contributed by atoms with Crippen LogP contribution in [0.2, 0.25) is 0 Å². The van der Waals surface area contributed by atoms with Crippen molar-refractivity contribution in [1.82, 2.24) is 4.90 Å². The standard InChI is InChI=1S/C27H21N3O2S/c1-18-7-9-20(10-8-18)16-32-22-13-11-19(12-14-22)15-23-25(28)30-24(21-5-3-2-4-6-21)17-33-27(30)29-26(23)31/h2-15,17,28H,16H2,1H3/b23-15-,28-25?. The molecule has 1 amide bonds. The van der Waals surface area contributed by atoms with E-state index in [9.17, 15) is 4.79 Å². The van der Waals surface area contributed by atoms with Crippen molar-refractivity contribution in [2.75, 3.05) is 0 Å². The van der Waals surface area contributed by atoms with Crippen molar-refractivity contribution in [2.45, 2.75) is 13.5 Å². The second-order valence-electron chi connectivity index (χ2n) is 7.77. The van der Waals surface area contributed by atoms with Crippen molar-refractivity contribution < 1.29 is 9.53 Å². The average Bonchev–Trinajstić information content (AvgIpc) is 3.26. The third-order valence-electron chi connectivity index (χ3n) is 5.40. The number of amides is 1. The Hall–Kier alpha value is -3.90. The second kappa shape index (κ2) is 8.92. The fourth-order valence-corrected chi connectivity index (χ4v) is 4.48. The maximum absolute atomic E-state index is 12.7. The van der Waals surface area contributed by atoms with Gasteiger partial charge in [-0.15, -0.1) is 0 Å². The van der Waals surface area contributed by atoms with Gasteiger partial charge in [-0.1, -0.05) is 84.1 Å². The lowest BCUT2D eigenvalue weighted by atomic mass is 10.1. The molecule has 5 rings (SSSR count). The van der Waals surface area contributed by atoms with Gasteiger partial charge in [0.25, 0.3) is 5.91 Å². The minimum absolute atomic E-state index is 0.129. The maximum Gasteiger partial charge on any atom is 0.283 e. The van der Waals surface area contributed by atoms with Gasteiger partial charge >= 0.3 is 0 Å². The third kappa shape index (κ3) is 4.38. The molecule has 0 saturated heterocycles. The molecule has 0 aromatic heterocycles. The molecule has 0 fully saturated rings. The Morgan fingerprint density at radius 3 is 2.45 bits per heavy atom. The highest BCUT2D eigenvalue weighted by atomic mass is 32.2. The zero-order valence-corrected chi connectivity index (χ0v) is 18.8. The maximum atomic E-state index is 12.7. The van der Waals surface area contributed by atoms with E-state index >= 15 is 0 Å². The van der Waals surface area contributed by atoms with E-state index in [0.717, 1.165) is 28.1 Å². The molecule has 6 heteroatoms. The van der Waals surface area contributed by atoms with Crippen LogP contribution in [0, 0.1) is 12.3 Å². The predicted octanol–water partition coefficient (Wildman–Crippen LogP) is 5.88. The highest BCUT2D eigenvalue weighted by molar-refractivity contribution is 8.17. The van der Waals surface area contributed by atoms with Crippen molar-refractivity contribution in [3.05, 3.63) is 112 Å². The average molecular weight is 452 g/mol. The molecule has 162 valence electrons. The molecule has 2 aliphatic heterocycles. The first-order valence-corrected chi connectivity index (χ1v) is 11.4. The van der Waals surface area contributed by atoms with Crippen molar-refractivity contribution >= 4 is 40.4 Å². The highest BCUT2D eigenvalue weighted by Crippen LogP contribution is 2.37. The van der Waals surface area contributed by atoms with Crippen molar-refractivity contribution in [2.24, 2.45) is 4.99 Å². The van der Waals surface area contributed by atoms with Crippen LogP contribution in [0.5, 0.6) is 5.75 Å². The molecule has 5 nitrogen and oxygen atoms in total. The Bertz CT molecular complexity index is 1310. The molecule has 0 saturated carbocycles. The molecule has 2 aliphatic rings. The molecular formula is C27H21N3O2S. The van der Waals surface area contributed by atoms with Crippen LogP contribution in [0.3, 0.4) is 0 Å². The van der Waals surface area contributed by atoms with Gasteiger partial charge in [0.1, 0.15) is 18.2 Å². The van der Waals surface area contributed by atoms with Crippen LogP contribution in [0.15, 0.2) is 94.8 Å². The third-order valence-corrected chi connectivity index (χ3v) is 6.23. The van der Waals surface area contributed by atoms with Crippen molar-refractivity contribution in [3.63, 3.8) is 0 Å². The number of amidine groups is 2. The summed E-state index contributed by atoms with van der Waals surface area (Å²) in [7, 11) is 0. The van der Waals surface area contributed by atoms with Gasteiger partial charge in [0.15, 0.2) is 5.17 Å². The molecule has 0 radical (unpaired) electrons. The molecule has 0 aliphatic carbocycles. The number of thioether (sulfide) groups is 1. The number of ether oxygens (including phenoxy) is 1. The smallest absolute Gasteiger partial charge is 0.283 e. The summed E-state index contributed by atoms with van der Waals surface area (Å²) in [5.74, 6) is 0.472. The van der Waals surface area contributed by atoms with E-state index in [1.807, 2.05) is 60.0 Å². The first kappa shape index (κ1) is 21.0. The number of fused-ring (bicyclic) bond motifs is 1. The molecule has 0 atom stereocenters. The minimum atomic E-state index is -0.402. The summed E-state index contributed by atoms with van der Waals surface area (Å²) in [4.78, 5) is 18.6. The van der Waals surface area contributed by atoms with E-state index in [1.165, 1.54) is 17.3 Å². The molecule has 0 bridgehead atoms. The summed E-state index contributed by atoms with van der Waals surface area (Å²) in [6.07, 6.45) is 1.71. The molecular weight excluding hydrogens is 430 g/mol. The number of nitrogens with zero attached hydrogens (tertiary/aromatic N) is 2. The zero-order valence-electron chi connectivity index (χ0n) is 18.0. The monoisotopic (exact) mass is 451 g/mol. The van der Waals surface area contributed by atoms with Gasteiger partial charge in [-0.3, -0.25) is 15.1 Å². The number of hydrogen-bond donors (Lipinski definition) is 1. The van der Waals surface area contributed by atoms with Crippen LogP contribution in [0.1, 0.15) is 22.3 Å². The minimum Gasteiger partial charge on any atom is -0.489 e. The van der Waals surface area contributed by atoms with E-state index in [2.05, 4.69) is 36.2 Å². The molecule has 0 spiro atoms. The number of nitrogens with one attached hydrogen (secondary N) is 1. The van der Waals surface area contributed by atoms with Crippen LogP contribution >= 0.6 is 11.8 Å². The Balaban J connectivity index is 1.33. The normalized spacial score (nSPS) is 16.5. The first-order chi connectivity index (χ1) is 16.1. The number of hydrogen-bond acceptors (Lipinski definition) is 4. The van der Waals surface area contributed by atoms with Crippen LogP contribution in [-0.2, 0) is 11.4 Å². The van der Waals surface area contributed by atoms with E-state index < -0.39 is 5.91 Å². The van der Waals surface area contributed by atoms with Crippen molar-refractivity contribution in [1.29, 1.82) is 5.41 Å². The summed E-state index contributed by atoms with van der Waals surface area (Å²) in [6, 6.07) is 25.6. The topological polar surface area (TPSA) is 65.8 Å². The van der Waals surface area contributed by atoms with Gasteiger partial charge in [-0.05, 0) is 41.8 Å². The summed E-state index contributed by atoms with van der Waals surface area (Å²) in [6.45, 7) is 2.55. The number of aliphatic imine (C=N–C) groups is 1. The Kier molecular flexibility index (Phi) is 5.67. The molecule has 3 aromatic rings. The van der Waals surface area contributed by atoms with Gasteiger partial charge < -0.3 is 4.74 Å². The fourth-order valence-electron chi connectivity index (χ4n) is 3.59. The predicted molar refractivity (Wildman–Crippen MR) is 134 cm³/mol. The summed E-state index contributed by atoms with van der Waals surface area (Å²) in [5.41, 5.74) is 5.21. The lowest BCUT2D eigenvalue weighted by Crippen LogP contribution is -2.37. The highest BCUT2D eigenvalue weighted by Gasteiger charge is 2.36. The summed E-state index contributed by atoms with van der Waals surface area (Å²) in [5, 5.41) is 11.2. The fraction of sp³-hybridized carbons (Fsp3) is 0.0741. The van der Waals surface area contributed by atoms with Gasteiger partial charge in [-0.25, -0.2) is 0 Å². The number of benzene rings is 3. The van der Waals surface area contributed by atoms with Crippen LogP contribution < -0.4 is 4.74 Å². The van der Waals surface area contributed by atoms with Crippen LogP contribution in [0.4, 0.5) is 0 Å². The van der Waals surface area contributed by atoms with Crippen LogP contribution in [0.25, 0.3) is 11.8 Å². The quantitative estimate of drug-likeness (QED) is 0.492. The molecule has 0 unspecified atom stereocenters. The first-order valence-electron chi connectivity index (χ1n) is 10.5. The number of aryl methyl sites for hydroxylation is 1. The number of rotatable bonds is 5. The molecule has 33 heavy (non-hydrogen) atoms. The van der Waals surface area contributed by atoms with Gasteiger partial charge in [0, 0.05) is 5.41 Å². The molecule has 3 aromatic carbocycles. The SMILES string of the molecule is Cc1ccc(COc2ccc(/C=C3/C(=N)N4C(c5ccccc5)=CSC4=NC3=O)cc2)cc1. The summed E-state index contributed by atoms with van der Waals surface area (Å²) >= 11 is 1.36. The summed E-state index contributed by atoms with van der Waals surface area (Å²) < 4.78 is 5.87. The van der Waals surface area contributed by atoms with Gasteiger partial charge in [-0.2, -0.15) is 4.99 Å². The van der Waals surface area contributed by atoms with E-state index in [4.69, 9.17) is 10.1 Å². The van der Waals surface area contributed by atoms with E-state index in [0.29, 0.717) is 11.8 Å². The Morgan fingerprint density at radius 2 is 1.73 bits per heavy atom. The van der Waals surface area contributed by atoms with Crippen LogP contribution in [-0.4, -0.2) is 21.8 Å². The zero-order chi connectivity index (χ0) is 22.8. The van der Waals surface area contributed by atoms with E-state index in [1.54, 1.807) is 11.0 Å².